The number of aryl methyl sites for hydroxylation is 2. The second kappa shape index (κ2) is 4.95. The Kier molecular flexibility index (Phi) is 4.98. The van der Waals surface area contributed by atoms with Gasteiger partial charge in [0, 0.05) is 32.7 Å². The van der Waals surface area contributed by atoms with Crippen LogP contribution in [0.15, 0.2) is 0 Å². The summed E-state index contributed by atoms with van der Waals surface area (Å²) in [4.78, 5) is 8.23. The Labute approximate surface area is 102 Å². The molecule has 0 fully saturated rings. The van der Waals surface area contributed by atoms with Crippen LogP contribution in [0.25, 0.3) is 0 Å². The van der Waals surface area contributed by atoms with Crippen molar-refractivity contribution < 1.29 is 32.7 Å². The average Bonchev–Trinajstić information content (AvgIpc) is 1.85. The second-order valence-electron chi connectivity index (χ2n) is 2.21. The SMILES string of the molecule is Cc1[c-]c(C)nc(C(N)=S)n1.[Y]. The maximum absolute atomic E-state index is 5.34. The van der Waals surface area contributed by atoms with E-state index in [1.165, 1.54) is 0 Å². The van der Waals surface area contributed by atoms with Crippen LogP contribution in [-0.2, 0) is 32.7 Å². The molecule has 61 valence electrons. The Hall–Kier alpha value is 0.0739. The van der Waals surface area contributed by atoms with Gasteiger partial charge < -0.3 is 11.8 Å². The molecule has 2 N–H and O–H groups in total. The van der Waals surface area contributed by atoms with Crippen LogP contribution >= 0.6 is 12.2 Å². The van der Waals surface area contributed by atoms with Gasteiger partial charge in [-0.3, -0.25) is 9.97 Å². The van der Waals surface area contributed by atoms with Gasteiger partial charge in [0.25, 0.3) is 0 Å². The third kappa shape index (κ3) is 3.21. The van der Waals surface area contributed by atoms with Gasteiger partial charge in [-0.15, -0.1) is 11.4 Å². The largest absolute Gasteiger partial charge is 0.427 e. The topological polar surface area (TPSA) is 51.8 Å². The average molecular weight is 255 g/mol. The molecular weight excluding hydrogens is 247 g/mol. The minimum atomic E-state index is 0. The molecule has 1 radical (unpaired) electrons. The summed E-state index contributed by atoms with van der Waals surface area (Å²) >= 11 is 4.72. The monoisotopic (exact) mass is 255 g/mol. The fourth-order valence-electron chi connectivity index (χ4n) is 0.771. The molecule has 0 saturated heterocycles. The van der Waals surface area contributed by atoms with Gasteiger partial charge in [0.05, 0.1) is 0 Å². The standard InChI is InChI=1S/C7H8N3S.Y/c1-4-3-5(2)10-7(9-4)6(8)11;/h1-2H3,(H2,8,11);/q-1;. The summed E-state index contributed by atoms with van der Waals surface area (Å²) in [5.74, 6) is 0.425. The van der Waals surface area contributed by atoms with E-state index in [0.29, 0.717) is 5.82 Å². The molecule has 1 aromatic heterocycles. The summed E-state index contributed by atoms with van der Waals surface area (Å²) in [7, 11) is 0. The summed E-state index contributed by atoms with van der Waals surface area (Å²) in [6, 6.07) is 2.93. The number of hydrogen-bond acceptors (Lipinski definition) is 3. The molecule has 0 bridgehead atoms. The van der Waals surface area contributed by atoms with Gasteiger partial charge in [-0.2, -0.15) is 0 Å². The first-order chi connectivity index (χ1) is 5.09. The zero-order valence-electron chi connectivity index (χ0n) is 6.96. The van der Waals surface area contributed by atoms with Gasteiger partial charge in [0.1, 0.15) is 4.99 Å². The van der Waals surface area contributed by atoms with E-state index >= 15 is 0 Å². The summed E-state index contributed by atoms with van der Waals surface area (Å²) in [6.07, 6.45) is 0. The van der Waals surface area contributed by atoms with Crippen LogP contribution in [0.3, 0.4) is 0 Å². The molecule has 0 spiro atoms. The summed E-state index contributed by atoms with van der Waals surface area (Å²) in [5, 5.41) is 0. The first-order valence-electron chi connectivity index (χ1n) is 3.14. The predicted octanol–water partition coefficient (Wildman–Crippen LogP) is 0.525. The fraction of sp³-hybridized carbons (Fsp3) is 0.286. The van der Waals surface area contributed by atoms with Crippen molar-refractivity contribution in [3.8, 4) is 0 Å². The van der Waals surface area contributed by atoms with Crippen LogP contribution in [-0.4, -0.2) is 15.0 Å². The van der Waals surface area contributed by atoms with Gasteiger partial charge >= 0.3 is 0 Å². The molecule has 0 atom stereocenters. The van der Waals surface area contributed by atoms with Gasteiger partial charge in [-0.25, -0.2) is 0 Å². The fourth-order valence-corrected chi connectivity index (χ4v) is 0.862. The predicted molar refractivity (Wildman–Crippen MR) is 46.2 cm³/mol. The van der Waals surface area contributed by atoms with E-state index < -0.39 is 0 Å². The van der Waals surface area contributed by atoms with Gasteiger partial charge in [-0.05, 0) is 0 Å². The Morgan fingerprint density at radius 2 is 1.75 bits per heavy atom. The number of hydrogen-bond donors (Lipinski definition) is 1. The van der Waals surface area contributed by atoms with Crippen molar-refractivity contribution in [1.82, 2.24) is 9.97 Å². The number of nitrogens with two attached hydrogens (primary N) is 1. The molecule has 12 heavy (non-hydrogen) atoms. The number of thiocarbonyl (C=S) groups is 1. The molecule has 0 unspecified atom stereocenters. The van der Waals surface area contributed by atoms with Crippen LogP contribution in [0, 0.1) is 19.9 Å². The summed E-state index contributed by atoms with van der Waals surface area (Å²) in [5.41, 5.74) is 6.87. The molecule has 0 saturated carbocycles. The number of nitrogens with zero attached hydrogens (tertiary/aromatic N) is 2. The Morgan fingerprint density at radius 1 is 1.33 bits per heavy atom. The molecule has 0 aliphatic carbocycles. The van der Waals surface area contributed by atoms with Crippen molar-refractivity contribution in [3.63, 3.8) is 0 Å². The number of aromatic nitrogens is 2. The third-order valence-electron chi connectivity index (χ3n) is 1.13. The van der Waals surface area contributed by atoms with Crippen LogP contribution in [0.2, 0.25) is 0 Å². The van der Waals surface area contributed by atoms with Gasteiger partial charge in [0.2, 0.25) is 0 Å². The van der Waals surface area contributed by atoms with E-state index in [-0.39, 0.29) is 37.7 Å². The number of rotatable bonds is 1. The van der Waals surface area contributed by atoms with Gasteiger partial charge in [0.15, 0.2) is 5.82 Å². The molecule has 3 nitrogen and oxygen atoms in total. The van der Waals surface area contributed by atoms with Crippen molar-refractivity contribution in [2.45, 2.75) is 13.8 Å². The van der Waals surface area contributed by atoms with Crippen molar-refractivity contribution in [2.75, 3.05) is 0 Å². The molecule has 1 heterocycles. The molecule has 5 heteroatoms. The van der Waals surface area contributed by atoms with E-state index in [1.54, 1.807) is 0 Å². The first kappa shape index (κ1) is 12.1. The first-order valence-corrected chi connectivity index (χ1v) is 3.55. The van der Waals surface area contributed by atoms with Crippen molar-refractivity contribution in [2.24, 2.45) is 5.73 Å². The van der Waals surface area contributed by atoms with Crippen molar-refractivity contribution in [3.05, 3.63) is 23.3 Å². The summed E-state index contributed by atoms with van der Waals surface area (Å²) < 4.78 is 0. The van der Waals surface area contributed by atoms with E-state index in [4.69, 9.17) is 18.0 Å². The maximum atomic E-state index is 5.34. The van der Waals surface area contributed by atoms with Gasteiger partial charge in [-0.1, -0.05) is 26.1 Å². The molecule has 0 amide bonds. The Morgan fingerprint density at radius 3 is 2.08 bits per heavy atom. The summed E-state index contributed by atoms with van der Waals surface area (Å²) in [6.45, 7) is 3.66. The van der Waals surface area contributed by atoms with Crippen molar-refractivity contribution >= 4 is 17.2 Å². The molecule has 1 aromatic rings. The minimum Gasteiger partial charge on any atom is -0.427 e. The van der Waals surface area contributed by atoms with E-state index in [0.717, 1.165) is 11.4 Å². The normalized spacial score (nSPS) is 8.83. The Balaban J connectivity index is 0.00000121. The van der Waals surface area contributed by atoms with Crippen molar-refractivity contribution in [1.29, 1.82) is 0 Å². The molecular formula is C7H8N3SY-. The minimum absolute atomic E-state index is 0. The maximum Gasteiger partial charge on any atom is 0.181 e. The molecule has 0 aliphatic rings. The van der Waals surface area contributed by atoms with Crippen LogP contribution < -0.4 is 5.73 Å². The molecule has 0 aliphatic heterocycles. The zero-order valence-corrected chi connectivity index (χ0v) is 10.6. The van der Waals surface area contributed by atoms with E-state index in [2.05, 4.69) is 16.0 Å². The molecule has 1 rings (SSSR count). The Bertz CT molecular complexity index is 280. The molecule has 0 aromatic carbocycles. The quantitative estimate of drug-likeness (QED) is 0.587. The van der Waals surface area contributed by atoms with E-state index in [9.17, 15) is 0 Å². The smallest absolute Gasteiger partial charge is 0.181 e. The third-order valence-corrected chi connectivity index (χ3v) is 1.31. The second-order valence-corrected chi connectivity index (χ2v) is 2.65. The van der Waals surface area contributed by atoms with Crippen LogP contribution in [0.5, 0.6) is 0 Å². The van der Waals surface area contributed by atoms with E-state index in [1.807, 2.05) is 13.8 Å². The zero-order chi connectivity index (χ0) is 8.43. The van der Waals surface area contributed by atoms with Crippen LogP contribution in [0.4, 0.5) is 0 Å². The van der Waals surface area contributed by atoms with Crippen LogP contribution in [0.1, 0.15) is 17.2 Å².